The van der Waals surface area contributed by atoms with Crippen LogP contribution in [0.2, 0.25) is 0 Å². The van der Waals surface area contributed by atoms with Crippen molar-refractivity contribution in [3.63, 3.8) is 0 Å². The number of nitrogens with one attached hydrogen (secondary N) is 1. The van der Waals surface area contributed by atoms with E-state index in [0.717, 1.165) is 31.6 Å². The number of aromatic nitrogens is 2. The van der Waals surface area contributed by atoms with E-state index in [0.29, 0.717) is 23.8 Å². The van der Waals surface area contributed by atoms with E-state index in [1.807, 2.05) is 24.3 Å². The summed E-state index contributed by atoms with van der Waals surface area (Å²) in [5.41, 5.74) is 1.62. The first-order valence-corrected chi connectivity index (χ1v) is 9.14. The zero-order valence-electron chi connectivity index (χ0n) is 15.8. The molecule has 0 radical (unpaired) electrons. The fourth-order valence-corrected chi connectivity index (χ4v) is 3.24. The molecule has 142 valence electrons. The minimum atomic E-state index is -0.0446. The number of hydrogen-bond donors (Lipinski definition) is 1. The van der Waals surface area contributed by atoms with Gasteiger partial charge < -0.3 is 10.2 Å². The van der Waals surface area contributed by atoms with Crippen molar-refractivity contribution in [2.45, 2.75) is 18.8 Å². The normalized spacial score (nSPS) is 15.3. The molecule has 27 heavy (non-hydrogen) atoms. The van der Waals surface area contributed by atoms with E-state index in [-0.39, 0.29) is 11.8 Å². The van der Waals surface area contributed by atoms with Gasteiger partial charge in [-0.05, 0) is 50.2 Å². The van der Waals surface area contributed by atoms with Crippen LogP contribution in [0.15, 0.2) is 42.7 Å². The van der Waals surface area contributed by atoms with Crippen molar-refractivity contribution in [2.24, 2.45) is 0 Å². The SMILES string of the molecule is CN(C)C(=O)c1ccc(C2CCN(CC(=O)Nc3ccccn3)CC2)nc1. The zero-order valence-corrected chi connectivity index (χ0v) is 15.8. The smallest absolute Gasteiger partial charge is 0.254 e. The molecule has 1 aliphatic rings. The third-order valence-electron chi connectivity index (χ3n) is 4.74. The summed E-state index contributed by atoms with van der Waals surface area (Å²) in [7, 11) is 3.46. The van der Waals surface area contributed by atoms with Crippen molar-refractivity contribution in [1.29, 1.82) is 0 Å². The number of hydrogen-bond acceptors (Lipinski definition) is 5. The molecule has 1 N–H and O–H groups in total. The van der Waals surface area contributed by atoms with Crippen molar-refractivity contribution in [3.8, 4) is 0 Å². The summed E-state index contributed by atoms with van der Waals surface area (Å²) < 4.78 is 0. The molecular formula is C20H25N5O2. The van der Waals surface area contributed by atoms with Gasteiger partial charge in [-0.2, -0.15) is 0 Å². The fourth-order valence-electron chi connectivity index (χ4n) is 3.24. The van der Waals surface area contributed by atoms with Crippen LogP contribution in [-0.4, -0.2) is 65.3 Å². The first-order chi connectivity index (χ1) is 13.0. The van der Waals surface area contributed by atoms with Gasteiger partial charge >= 0.3 is 0 Å². The highest BCUT2D eigenvalue weighted by Gasteiger charge is 2.23. The minimum Gasteiger partial charge on any atom is -0.345 e. The number of amides is 2. The average Bonchev–Trinajstić information content (AvgIpc) is 2.69. The van der Waals surface area contributed by atoms with Gasteiger partial charge in [0, 0.05) is 38.1 Å². The predicted octanol–water partition coefficient (Wildman–Crippen LogP) is 2.00. The maximum Gasteiger partial charge on any atom is 0.254 e. The van der Waals surface area contributed by atoms with Gasteiger partial charge in [-0.1, -0.05) is 6.07 Å². The van der Waals surface area contributed by atoms with E-state index >= 15 is 0 Å². The quantitative estimate of drug-likeness (QED) is 0.874. The lowest BCUT2D eigenvalue weighted by Crippen LogP contribution is -2.39. The second-order valence-electron chi connectivity index (χ2n) is 6.98. The molecule has 0 aromatic carbocycles. The maximum atomic E-state index is 12.1. The summed E-state index contributed by atoms with van der Waals surface area (Å²) in [6.07, 6.45) is 5.21. The molecule has 0 aliphatic carbocycles. The van der Waals surface area contributed by atoms with Crippen molar-refractivity contribution < 1.29 is 9.59 Å². The lowest BCUT2D eigenvalue weighted by atomic mass is 9.93. The Morgan fingerprint density at radius 1 is 1.15 bits per heavy atom. The molecular weight excluding hydrogens is 342 g/mol. The van der Waals surface area contributed by atoms with Crippen LogP contribution in [0.5, 0.6) is 0 Å². The summed E-state index contributed by atoms with van der Waals surface area (Å²) in [5.74, 6) is 0.858. The number of nitrogens with zero attached hydrogens (tertiary/aromatic N) is 4. The van der Waals surface area contributed by atoms with Gasteiger partial charge in [0.2, 0.25) is 5.91 Å². The Kier molecular flexibility index (Phi) is 6.13. The van der Waals surface area contributed by atoms with E-state index in [1.54, 1.807) is 37.5 Å². The highest BCUT2D eigenvalue weighted by atomic mass is 16.2. The van der Waals surface area contributed by atoms with Gasteiger partial charge in [-0.25, -0.2) is 4.98 Å². The fraction of sp³-hybridized carbons (Fsp3) is 0.400. The summed E-state index contributed by atoms with van der Waals surface area (Å²) >= 11 is 0. The molecule has 0 unspecified atom stereocenters. The number of carbonyl (C=O) groups excluding carboxylic acids is 2. The van der Waals surface area contributed by atoms with E-state index in [9.17, 15) is 9.59 Å². The van der Waals surface area contributed by atoms with E-state index in [4.69, 9.17) is 0 Å². The molecule has 3 heterocycles. The highest BCUT2D eigenvalue weighted by Crippen LogP contribution is 2.26. The number of anilines is 1. The number of rotatable bonds is 5. The topological polar surface area (TPSA) is 78.4 Å². The summed E-state index contributed by atoms with van der Waals surface area (Å²) in [6, 6.07) is 9.23. The zero-order chi connectivity index (χ0) is 19.2. The van der Waals surface area contributed by atoms with E-state index in [1.165, 1.54) is 0 Å². The summed E-state index contributed by atoms with van der Waals surface area (Å²) in [5, 5.41) is 2.82. The number of piperidine rings is 1. The molecule has 1 aliphatic heterocycles. The van der Waals surface area contributed by atoms with E-state index < -0.39 is 0 Å². The second-order valence-corrected chi connectivity index (χ2v) is 6.98. The molecule has 3 rings (SSSR count). The maximum absolute atomic E-state index is 12.1. The number of carbonyl (C=O) groups is 2. The Morgan fingerprint density at radius 3 is 2.52 bits per heavy atom. The molecule has 0 saturated carbocycles. The highest BCUT2D eigenvalue weighted by molar-refractivity contribution is 5.93. The lowest BCUT2D eigenvalue weighted by molar-refractivity contribution is -0.117. The van der Waals surface area contributed by atoms with Gasteiger partial charge in [0.05, 0.1) is 12.1 Å². The molecule has 0 spiro atoms. The third-order valence-corrected chi connectivity index (χ3v) is 4.74. The first kappa shape index (κ1) is 19.0. The first-order valence-electron chi connectivity index (χ1n) is 9.14. The molecule has 2 aromatic heterocycles. The average molecular weight is 367 g/mol. The molecule has 1 fully saturated rings. The van der Waals surface area contributed by atoms with Crippen LogP contribution >= 0.6 is 0 Å². The number of pyridine rings is 2. The van der Waals surface area contributed by atoms with Crippen molar-refractivity contribution in [2.75, 3.05) is 39.0 Å². The van der Waals surface area contributed by atoms with Crippen LogP contribution in [0, 0.1) is 0 Å². The van der Waals surface area contributed by atoms with Crippen LogP contribution in [0.1, 0.15) is 34.8 Å². The lowest BCUT2D eigenvalue weighted by Gasteiger charge is -2.31. The Balaban J connectivity index is 1.48. The predicted molar refractivity (Wildman–Crippen MR) is 104 cm³/mol. The van der Waals surface area contributed by atoms with Crippen molar-refractivity contribution in [3.05, 3.63) is 54.0 Å². The monoisotopic (exact) mass is 367 g/mol. The van der Waals surface area contributed by atoms with Gasteiger partial charge in [-0.3, -0.25) is 19.5 Å². The third kappa shape index (κ3) is 5.10. The van der Waals surface area contributed by atoms with Crippen LogP contribution in [0.25, 0.3) is 0 Å². The standard InChI is InChI=1S/C20H25N5O2/c1-24(2)20(27)16-6-7-17(22-13-16)15-8-11-25(12-9-15)14-19(26)23-18-5-3-4-10-21-18/h3-7,10,13,15H,8-9,11-12,14H2,1-2H3,(H,21,23,26). The van der Waals surface area contributed by atoms with Gasteiger partial charge in [0.1, 0.15) is 5.82 Å². The second kappa shape index (κ2) is 8.73. The van der Waals surface area contributed by atoms with E-state index in [2.05, 4.69) is 20.2 Å². The number of likely N-dealkylation sites (tertiary alicyclic amines) is 1. The Bertz CT molecular complexity index is 769. The summed E-state index contributed by atoms with van der Waals surface area (Å²) in [4.78, 5) is 36.4. The Labute approximate surface area is 159 Å². The largest absolute Gasteiger partial charge is 0.345 e. The van der Waals surface area contributed by atoms with Crippen LogP contribution in [-0.2, 0) is 4.79 Å². The molecule has 0 atom stereocenters. The minimum absolute atomic E-state index is 0.0391. The molecule has 0 bridgehead atoms. The van der Waals surface area contributed by atoms with Crippen LogP contribution < -0.4 is 5.32 Å². The van der Waals surface area contributed by atoms with Crippen molar-refractivity contribution in [1.82, 2.24) is 19.8 Å². The summed E-state index contributed by atoms with van der Waals surface area (Å²) in [6.45, 7) is 2.06. The molecule has 7 nitrogen and oxygen atoms in total. The van der Waals surface area contributed by atoms with Crippen LogP contribution in [0.4, 0.5) is 5.82 Å². The van der Waals surface area contributed by atoms with Gasteiger partial charge in [0.25, 0.3) is 5.91 Å². The Hall–Kier alpha value is -2.80. The van der Waals surface area contributed by atoms with Gasteiger partial charge in [-0.15, -0.1) is 0 Å². The van der Waals surface area contributed by atoms with Crippen molar-refractivity contribution >= 4 is 17.6 Å². The van der Waals surface area contributed by atoms with Gasteiger partial charge in [0.15, 0.2) is 0 Å². The Morgan fingerprint density at radius 2 is 1.93 bits per heavy atom. The molecule has 7 heteroatoms. The molecule has 2 aromatic rings. The molecule has 1 saturated heterocycles. The molecule has 2 amide bonds. The van der Waals surface area contributed by atoms with Crippen LogP contribution in [0.3, 0.4) is 0 Å².